The van der Waals surface area contributed by atoms with Crippen LogP contribution in [0.15, 0.2) is 4.79 Å². The number of nitrogens with one attached hydrogen (secondary N) is 2. The van der Waals surface area contributed by atoms with Crippen molar-refractivity contribution < 1.29 is 4.79 Å². The molecule has 1 amide bonds. The molecule has 160 valence electrons. The van der Waals surface area contributed by atoms with Gasteiger partial charge in [0.25, 0.3) is 5.56 Å². The molecule has 3 rings (SSSR count). The molecule has 6 nitrogen and oxygen atoms in total. The van der Waals surface area contributed by atoms with Crippen molar-refractivity contribution in [1.82, 2.24) is 20.2 Å². The summed E-state index contributed by atoms with van der Waals surface area (Å²) in [5, 5.41) is 3.83. The zero-order valence-corrected chi connectivity index (χ0v) is 19.0. The second-order valence-corrected chi connectivity index (χ2v) is 9.48. The van der Waals surface area contributed by atoms with Gasteiger partial charge in [-0.15, -0.1) is 11.3 Å². The number of aryl methyl sites for hydroxylation is 2. The van der Waals surface area contributed by atoms with Crippen molar-refractivity contribution in [2.45, 2.75) is 72.3 Å². The summed E-state index contributed by atoms with van der Waals surface area (Å²) in [5.41, 5.74) is 0.962. The maximum absolute atomic E-state index is 12.6. The number of hydrogen-bond acceptors (Lipinski definition) is 5. The lowest BCUT2D eigenvalue weighted by Crippen LogP contribution is -2.44. The molecule has 1 aliphatic heterocycles. The average molecular weight is 419 g/mol. The van der Waals surface area contributed by atoms with Crippen LogP contribution in [0.5, 0.6) is 0 Å². The molecular weight excluding hydrogens is 384 g/mol. The maximum Gasteiger partial charge on any atom is 0.259 e. The number of aromatic amines is 1. The van der Waals surface area contributed by atoms with Gasteiger partial charge in [-0.2, -0.15) is 0 Å². The number of thiophene rings is 1. The summed E-state index contributed by atoms with van der Waals surface area (Å²) in [6, 6.07) is -0.0185. The molecule has 0 saturated carbocycles. The number of aromatic nitrogens is 2. The lowest BCUT2D eigenvalue weighted by atomic mass is 9.95. The minimum absolute atomic E-state index is 0.0130. The van der Waals surface area contributed by atoms with E-state index in [2.05, 4.69) is 29.0 Å². The topological polar surface area (TPSA) is 78.1 Å². The maximum atomic E-state index is 12.6. The van der Waals surface area contributed by atoms with Gasteiger partial charge in [0, 0.05) is 18.0 Å². The largest absolute Gasteiger partial charge is 0.356 e. The van der Waals surface area contributed by atoms with Gasteiger partial charge in [0.15, 0.2) is 0 Å². The van der Waals surface area contributed by atoms with Gasteiger partial charge < -0.3 is 10.3 Å². The number of carbonyl (C=O) groups is 1. The first-order valence-corrected chi connectivity index (χ1v) is 11.8. The molecule has 1 aliphatic rings. The highest BCUT2D eigenvalue weighted by atomic mass is 32.1. The van der Waals surface area contributed by atoms with E-state index in [1.54, 1.807) is 11.3 Å². The van der Waals surface area contributed by atoms with Crippen LogP contribution in [-0.4, -0.2) is 40.4 Å². The number of unbranched alkanes of at least 4 members (excludes halogenated alkanes) is 3. The molecule has 0 spiro atoms. The van der Waals surface area contributed by atoms with E-state index >= 15 is 0 Å². The van der Waals surface area contributed by atoms with Crippen LogP contribution in [0.1, 0.15) is 74.7 Å². The molecule has 0 bridgehead atoms. The molecule has 2 N–H and O–H groups in total. The lowest BCUT2D eigenvalue weighted by Gasteiger charge is -2.35. The normalized spacial score (nSPS) is 18.8. The number of H-pyrrole nitrogens is 1. The van der Waals surface area contributed by atoms with E-state index in [-0.39, 0.29) is 23.4 Å². The van der Waals surface area contributed by atoms with Crippen molar-refractivity contribution in [3.8, 4) is 0 Å². The van der Waals surface area contributed by atoms with Crippen LogP contribution in [0.2, 0.25) is 0 Å². The first-order chi connectivity index (χ1) is 13.9. The number of carbonyl (C=O) groups excluding carboxylic acids is 1. The Hall–Kier alpha value is -1.73. The second-order valence-electron chi connectivity index (χ2n) is 8.28. The summed E-state index contributed by atoms with van der Waals surface area (Å²) < 4.78 is 0. The first kappa shape index (κ1) is 22.0. The molecule has 0 aromatic carbocycles. The Labute approximate surface area is 177 Å². The quantitative estimate of drug-likeness (QED) is 0.634. The predicted molar refractivity (Wildman–Crippen MR) is 120 cm³/mol. The van der Waals surface area contributed by atoms with Gasteiger partial charge in [-0.3, -0.25) is 14.5 Å². The van der Waals surface area contributed by atoms with Gasteiger partial charge in [0.1, 0.15) is 10.7 Å². The highest BCUT2D eigenvalue weighted by Crippen LogP contribution is 2.29. The van der Waals surface area contributed by atoms with Crippen LogP contribution < -0.4 is 10.9 Å². The smallest absolute Gasteiger partial charge is 0.259 e. The summed E-state index contributed by atoms with van der Waals surface area (Å²) >= 11 is 1.58. The monoisotopic (exact) mass is 418 g/mol. The summed E-state index contributed by atoms with van der Waals surface area (Å²) in [5.74, 6) is 0.878. The van der Waals surface area contributed by atoms with Crippen LogP contribution in [0, 0.1) is 19.8 Å². The van der Waals surface area contributed by atoms with E-state index < -0.39 is 0 Å². The minimum atomic E-state index is -0.0583. The Morgan fingerprint density at radius 2 is 2.14 bits per heavy atom. The van der Waals surface area contributed by atoms with Crippen LogP contribution in [0.3, 0.4) is 0 Å². The number of likely N-dealkylation sites (tertiary alicyclic amines) is 1. The van der Waals surface area contributed by atoms with E-state index in [0.29, 0.717) is 17.8 Å². The zero-order chi connectivity index (χ0) is 21.0. The number of nitrogens with zero attached hydrogens (tertiary/aromatic N) is 2. The van der Waals surface area contributed by atoms with Gasteiger partial charge in [-0.25, -0.2) is 4.98 Å². The van der Waals surface area contributed by atoms with Crippen molar-refractivity contribution in [3.63, 3.8) is 0 Å². The second kappa shape index (κ2) is 9.85. The molecule has 29 heavy (non-hydrogen) atoms. The third-order valence-electron chi connectivity index (χ3n) is 6.15. The Kier molecular flexibility index (Phi) is 7.46. The van der Waals surface area contributed by atoms with E-state index in [9.17, 15) is 9.59 Å². The Morgan fingerprint density at radius 3 is 2.90 bits per heavy atom. The number of hydrogen-bond donors (Lipinski definition) is 2. The molecule has 0 aliphatic carbocycles. The summed E-state index contributed by atoms with van der Waals surface area (Å²) in [4.78, 5) is 37.2. The van der Waals surface area contributed by atoms with E-state index in [4.69, 9.17) is 4.98 Å². The van der Waals surface area contributed by atoms with Crippen molar-refractivity contribution in [2.75, 3.05) is 19.6 Å². The van der Waals surface area contributed by atoms with E-state index in [0.717, 1.165) is 47.6 Å². The fourth-order valence-corrected chi connectivity index (χ4v) is 5.16. The lowest BCUT2D eigenvalue weighted by molar-refractivity contribution is -0.127. The van der Waals surface area contributed by atoms with Gasteiger partial charge in [-0.1, -0.05) is 26.2 Å². The Balaban J connectivity index is 1.65. The average Bonchev–Trinajstić information content (AvgIpc) is 3.01. The van der Waals surface area contributed by atoms with Crippen LogP contribution in [0.4, 0.5) is 0 Å². The highest BCUT2D eigenvalue weighted by Gasteiger charge is 2.29. The fraction of sp³-hybridized carbons (Fsp3) is 0.682. The molecule has 1 fully saturated rings. The Morgan fingerprint density at radius 1 is 1.34 bits per heavy atom. The van der Waals surface area contributed by atoms with E-state index in [1.165, 1.54) is 19.3 Å². The zero-order valence-electron chi connectivity index (χ0n) is 18.1. The molecule has 7 heteroatoms. The van der Waals surface area contributed by atoms with Crippen LogP contribution >= 0.6 is 11.3 Å². The van der Waals surface area contributed by atoms with Gasteiger partial charge in [0.2, 0.25) is 5.91 Å². The van der Waals surface area contributed by atoms with Crippen molar-refractivity contribution in [2.24, 2.45) is 5.92 Å². The molecule has 3 heterocycles. The molecule has 0 unspecified atom stereocenters. The van der Waals surface area contributed by atoms with Crippen LogP contribution in [0.25, 0.3) is 10.2 Å². The van der Waals surface area contributed by atoms with E-state index in [1.807, 2.05) is 13.8 Å². The minimum Gasteiger partial charge on any atom is -0.356 e. The van der Waals surface area contributed by atoms with Gasteiger partial charge in [-0.05, 0) is 52.1 Å². The number of amides is 1. The molecule has 2 aromatic rings. The van der Waals surface area contributed by atoms with Crippen LogP contribution in [-0.2, 0) is 4.79 Å². The number of rotatable bonds is 8. The highest BCUT2D eigenvalue weighted by molar-refractivity contribution is 7.18. The molecule has 2 atom stereocenters. The standard InChI is InChI=1S/C22H34N4O2S/c1-5-6-7-8-11-23-20(27)17-10-9-12-26(13-17)15(3)19-24-21(28)18-14(2)16(4)29-22(18)25-19/h15,17H,5-13H2,1-4H3,(H,23,27)(H,24,25,28)/t15-,17-/m0/s1. The predicted octanol–water partition coefficient (Wildman–Crippen LogP) is 4.07. The van der Waals surface area contributed by atoms with Gasteiger partial charge in [0.05, 0.1) is 17.3 Å². The SMILES string of the molecule is CCCCCCNC(=O)[C@H]1CCCN([C@@H](C)c2nc3sc(C)c(C)c3c(=O)[nH]2)C1. The summed E-state index contributed by atoms with van der Waals surface area (Å²) in [6.07, 6.45) is 6.57. The molecular formula is C22H34N4O2S. The van der Waals surface area contributed by atoms with Gasteiger partial charge >= 0.3 is 0 Å². The first-order valence-electron chi connectivity index (χ1n) is 10.9. The number of piperidine rings is 1. The third-order valence-corrected chi connectivity index (χ3v) is 7.26. The van der Waals surface area contributed by atoms with Crippen molar-refractivity contribution >= 4 is 27.5 Å². The number of fused-ring (bicyclic) bond motifs is 1. The third kappa shape index (κ3) is 5.07. The fourth-order valence-electron chi connectivity index (χ4n) is 4.12. The summed E-state index contributed by atoms with van der Waals surface area (Å²) in [7, 11) is 0. The molecule has 0 radical (unpaired) electrons. The van der Waals surface area contributed by atoms with Crippen molar-refractivity contribution in [1.29, 1.82) is 0 Å². The molecule has 1 saturated heterocycles. The van der Waals surface area contributed by atoms with Crippen molar-refractivity contribution in [3.05, 3.63) is 26.6 Å². The molecule has 2 aromatic heterocycles. The summed E-state index contributed by atoms with van der Waals surface area (Å²) in [6.45, 7) is 10.7. The Bertz CT molecular complexity index is 904.